The van der Waals surface area contributed by atoms with Crippen LogP contribution in [0.15, 0.2) is 24.3 Å². The van der Waals surface area contributed by atoms with Gasteiger partial charge in [-0.3, -0.25) is 9.69 Å². The first-order valence-electron chi connectivity index (χ1n) is 10.9. The van der Waals surface area contributed by atoms with Gasteiger partial charge in [0.1, 0.15) is 11.5 Å². The first-order chi connectivity index (χ1) is 15.3. The maximum atomic E-state index is 13.8. The molecule has 1 unspecified atom stereocenters. The molecule has 0 aromatic heterocycles. The lowest BCUT2D eigenvalue weighted by atomic mass is 9.99. The summed E-state index contributed by atoms with van der Waals surface area (Å²) < 4.78 is 16.3. The molecule has 0 bridgehead atoms. The van der Waals surface area contributed by atoms with E-state index in [9.17, 15) is 9.59 Å². The molecule has 2 aromatic rings. The zero-order valence-corrected chi connectivity index (χ0v) is 19.9. The van der Waals surface area contributed by atoms with E-state index in [1.807, 2.05) is 39.8 Å². The fourth-order valence-electron chi connectivity index (χ4n) is 4.09. The van der Waals surface area contributed by atoms with Gasteiger partial charge in [-0.2, -0.15) is 0 Å². The normalized spacial score (nSPS) is 15.3. The highest BCUT2D eigenvalue weighted by molar-refractivity contribution is 6.11. The van der Waals surface area contributed by atoms with Crippen molar-refractivity contribution < 1.29 is 23.8 Å². The predicted octanol–water partition coefficient (Wildman–Crippen LogP) is 5.03. The number of anilines is 2. The number of rotatable bonds is 5. The highest BCUT2D eigenvalue weighted by Crippen LogP contribution is 2.40. The number of amides is 2. The minimum atomic E-state index is -0.394. The molecule has 2 amide bonds. The van der Waals surface area contributed by atoms with Gasteiger partial charge < -0.3 is 19.1 Å². The smallest absolute Gasteiger partial charge is 0.414 e. The Morgan fingerprint density at radius 3 is 2.00 bits per heavy atom. The summed E-state index contributed by atoms with van der Waals surface area (Å²) in [6.07, 6.45) is 0.282. The van der Waals surface area contributed by atoms with Gasteiger partial charge in [0, 0.05) is 17.7 Å². The SMILES string of the molecule is CCOC(=O)N1c2cc(C)c(C)cc2N(C(=O)c2cc(OC)c(C)c(OC)c2)CC1CC. The van der Waals surface area contributed by atoms with Crippen molar-refractivity contribution in [1.29, 1.82) is 0 Å². The lowest BCUT2D eigenvalue weighted by Crippen LogP contribution is -2.53. The van der Waals surface area contributed by atoms with Crippen LogP contribution in [0.25, 0.3) is 0 Å². The zero-order valence-electron chi connectivity index (χ0n) is 19.9. The lowest BCUT2D eigenvalue weighted by Gasteiger charge is -2.42. The van der Waals surface area contributed by atoms with Crippen LogP contribution in [-0.2, 0) is 4.74 Å². The summed E-state index contributed by atoms with van der Waals surface area (Å²) in [5.74, 6) is 1.00. The molecule has 0 saturated carbocycles. The summed E-state index contributed by atoms with van der Waals surface area (Å²) in [6, 6.07) is 7.18. The molecule has 32 heavy (non-hydrogen) atoms. The molecule has 7 nitrogen and oxygen atoms in total. The Labute approximate surface area is 189 Å². The quantitative estimate of drug-likeness (QED) is 0.652. The van der Waals surface area contributed by atoms with Crippen molar-refractivity contribution in [3.05, 3.63) is 46.5 Å². The van der Waals surface area contributed by atoms with E-state index < -0.39 is 6.09 Å². The molecule has 0 fully saturated rings. The summed E-state index contributed by atoms with van der Waals surface area (Å²) in [7, 11) is 3.14. The van der Waals surface area contributed by atoms with Gasteiger partial charge in [0.05, 0.1) is 38.2 Å². The van der Waals surface area contributed by atoms with Gasteiger partial charge in [-0.05, 0) is 69.5 Å². The third-order valence-electron chi connectivity index (χ3n) is 6.08. The molecule has 3 rings (SSSR count). The summed E-state index contributed by atoms with van der Waals surface area (Å²) in [6.45, 7) is 10.3. The van der Waals surface area contributed by atoms with Crippen molar-refractivity contribution in [1.82, 2.24) is 0 Å². The minimum Gasteiger partial charge on any atom is -0.496 e. The van der Waals surface area contributed by atoms with E-state index in [0.29, 0.717) is 41.4 Å². The molecule has 0 saturated heterocycles. The van der Waals surface area contributed by atoms with Gasteiger partial charge in [0.15, 0.2) is 0 Å². The van der Waals surface area contributed by atoms with Crippen molar-refractivity contribution in [2.45, 2.75) is 47.1 Å². The Kier molecular flexibility index (Phi) is 6.96. The minimum absolute atomic E-state index is 0.173. The second-order valence-corrected chi connectivity index (χ2v) is 7.98. The van der Waals surface area contributed by atoms with Gasteiger partial charge in [-0.15, -0.1) is 0 Å². The molecule has 1 aliphatic rings. The molecule has 2 aromatic carbocycles. The van der Waals surface area contributed by atoms with E-state index in [1.54, 1.807) is 43.1 Å². The first kappa shape index (κ1) is 23.4. The van der Waals surface area contributed by atoms with Crippen LogP contribution < -0.4 is 19.3 Å². The number of carbonyl (C=O) groups is 2. The van der Waals surface area contributed by atoms with E-state index >= 15 is 0 Å². The zero-order chi connectivity index (χ0) is 23.6. The highest BCUT2D eigenvalue weighted by atomic mass is 16.6. The van der Waals surface area contributed by atoms with Crippen LogP contribution in [0, 0.1) is 20.8 Å². The van der Waals surface area contributed by atoms with Gasteiger partial charge in [-0.1, -0.05) is 6.92 Å². The van der Waals surface area contributed by atoms with E-state index in [4.69, 9.17) is 14.2 Å². The average molecular weight is 441 g/mol. The van der Waals surface area contributed by atoms with Gasteiger partial charge in [0.2, 0.25) is 0 Å². The van der Waals surface area contributed by atoms with Crippen LogP contribution in [0.2, 0.25) is 0 Å². The Bertz CT molecular complexity index is 1010. The van der Waals surface area contributed by atoms with Crippen molar-refractivity contribution in [2.75, 3.05) is 37.2 Å². The molecular formula is C25H32N2O5. The van der Waals surface area contributed by atoms with Crippen LogP contribution in [0.5, 0.6) is 11.5 Å². The van der Waals surface area contributed by atoms with E-state index in [0.717, 1.165) is 16.7 Å². The third-order valence-corrected chi connectivity index (χ3v) is 6.08. The maximum absolute atomic E-state index is 13.8. The van der Waals surface area contributed by atoms with Gasteiger partial charge >= 0.3 is 6.09 Å². The standard InChI is InChI=1S/C25H32N2O5/c1-8-19-14-26(24(28)18-12-22(30-6)17(5)23(13-18)31-7)20-10-15(3)16(4)11-21(20)27(19)25(29)32-9-2/h10-13,19H,8-9,14H2,1-7H3. The van der Waals surface area contributed by atoms with Gasteiger partial charge in [0.25, 0.3) is 5.91 Å². The van der Waals surface area contributed by atoms with Crippen LogP contribution in [0.3, 0.4) is 0 Å². The second kappa shape index (κ2) is 9.51. The average Bonchev–Trinajstić information content (AvgIpc) is 2.78. The summed E-state index contributed by atoms with van der Waals surface area (Å²) in [5, 5.41) is 0. The predicted molar refractivity (Wildman–Crippen MR) is 125 cm³/mol. The Morgan fingerprint density at radius 1 is 0.938 bits per heavy atom. The molecule has 0 spiro atoms. The number of nitrogens with zero attached hydrogens (tertiary/aromatic N) is 2. The number of hydrogen-bond acceptors (Lipinski definition) is 5. The van der Waals surface area contributed by atoms with E-state index in [-0.39, 0.29) is 18.6 Å². The van der Waals surface area contributed by atoms with Crippen LogP contribution in [0.4, 0.5) is 16.2 Å². The monoisotopic (exact) mass is 440 g/mol. The van der Waals surface area contributed by atoms with Crippen molar-refractivity contribution in [3.8, 4) is 11.5 Å². The molecule has 172 valence electrons. The summed E-state index contributed by atoms with van der Waals surface area (Å²) in [4.78, 5) is 30.0. The van der Waals surface area contributed by atoms with Crippen molar-refractivity contribution >= 4 is 23.4 Å². The largest absolute Gasteiger partial charge is 0.496 e. The van der Waals surface area contributed by atoms with Crippen LogP contribution >= 0.6 is 0 Å². The lowest BCUT2D eigenvalue weighted by molar-refractivity contribution is 0.0980. The number of fused-ring (bicyclic) bond motifs is 1. The number of aryl methyl sites for hydroxylation is 2. The fraction of sp³-hybridized carbons (Fsp3) is 0.440. The number of methoxy groups -OCH3 is 2. The topological polar surface area (TPSA) is 68.3 Å². The van der Waals surface area contributed by atoms with Crippen LogP contribution in [-0.4, -0.2) is 45.4 Å². The Balaban J connectivity index is 2.15. The van der Waals surface area contributed by atoms with Crippen molar-refractivity contribution in [3.63, 3.8) is 0 Å². The molecule has 0 aliphatic carbocycles. The molecule has 1 aliphatic heterocycles. The molecule has 0 N–H and O–H groups in total. The first-order valence-corrected chi connectivity index (χ1v) is 10.9. The van der Waals surface area contributed by atoms with Gasteiger partial charge in [-0.25, -0.2) is 4.79 Å². The Morgan fingerprint density at radius 2 is 1.50 bits per heavy atom. The number of carbonyl (C=O) groups excluding carboxylic acids is 2. The molecule has 1 heterocycles. The molecule has 7 heteroatoms. The molecule has 1 atom stereocenters. The maximum Gasteiger partial charge on any atom is 0.414 e. The summed E-state index contributed by atoms with van der Waals surface area (Å²) in [5.41, 5.74) is 4.75. The molecular weight excluding hydrogens is 408 g/mol. The van der Waals surface area contributed by atoms with Crippen molar-refractivity contribution in [2.24, 2.45) is 0 Å². The second-order valence-electron chi connectivity index (χ2n) is 7.98. The number of hydrogen-bond donors (Lipinski definition) is 0. The Hall–Kier alpha value is -3.22. The molecule has 0 radical (unpaired) electrons. The highest BCUT2D eigenvalue weighted by Gasteiger charge is 2.38. The fourth-order valence-corrected chi connectivity index (χ4v) is 4.09. The van der Waals surface area contributed by atoms with E-state index in [2.05, 4.69) is 0 Å². The summed E-state index contributed by atoms with van der Waals surface area (Å²) >= 11 is 0. The number of ether oxygens (including phenoxy) is 3. The number of benzene rings is 2. The van der Waals surface area contributed by atoms with E-state index in [1.165, 1.54) is 0 Å². The third kappa shape index (κ3) is 4.11. The van der Waals surface area contributed by atoms with Crippen LogP contribution in [0.1, 0.15) is 47.3 Å².